The molecule has 3 rings (SSSR count). The first-order valence-electron chi connectivity index (χ1n) is 7.91. The Bertz CT molecular complexity index is 680. The summed E-state index contributed by atoms with van der Waals surface area (Å²) in [6, 6.07) is 14.0. The maximum absolute atomic E-state index is 12.0. The van der Waals surface area contributed by atoms with Gasteiger partial charge in [0.2, 0.25) is 5.91 Å². The molecule has 1 heterocycles. The van der Waals surface area contributed by atoms with Crippen molar-refractivity contribution in [1.82, 2.24) is 5.32 Å². The summed E-state index contributed by atoms with van der Waals surface area (Å²) in [7, 11) is 0. The Morgan fingerprint density at radius 2 is 1.70 bits per heavy atom. The fourth-order valence-electron chi connectivity index (χ4n) is 2.54. The minimum atomic E-state index is 0.0476. The number of hydrogen-bond acceptors (Lipinski definition) is 3. The molecule has 1 N–H and O–H groups in total. The number of hydrogen-bond donors (Lipinski definition) is 1. The van der Waals surface area contributed by atoms with Crippen LogP contribution in [0.1, 0.15) is 16.7 Å². The van der Waals surface area contributed by atoms with Crippen LogP contribution in [0.3, 0.4) is 0 Å². The second-order valence-electron chi connectivity index (χ2n) is 5.74. The molecule has 2 aromatic carbocycles. The van der Waals surface area contributed by atoms with Gasteiger partial charge in [-0.2, -0.15) is 0 Å². The molecule has 1 amide bonds. The lowest BCUT2D eigenvalue weighted by Gasteiger charge is -2.18. The molecule has 120 valence electrons. The number of amides is 1. The molecular formula is C19H21NO3. The molecule has 0 bridgehead atoms. The number of ether oxygens (including phenoxy) is 2. The van der Waals surface area contributed by atoms with E-state index in [4.69, 9.17) is 9.47 Å². The van der Waals surface area contributed by atoms with E-state index in [1.807, 2.05) is 49.4 Å². The molecule has 0 saturated carbocycles. The topological polar surface area (TPSA) is 47.6 Å². The van der Waals surface area contributed by atoms with E-state index < -0.39 is 0 Å². The largest absolute Gasteiger partial charge is 0.486 e. The molecule has 4 heteroatoms. The van der Waals surface area contributed by atoms with E-state index in [9.17, 15) is 4.79 Å². The summed E-state index contributed by atoms with van der Waals surface area (Å²) < 4.78 is 11.1. The van der Waals surface area contributed by atoms with Crippen LogP contribution >= 0.6 is 0 Å². The number of nitrogens with one attached hydrogen (secondary N) is 1. The number of fused-ring (bicyclic) bond motifs is 1. The minimum absolute atomic E-state index is 0.0476. The smallest absolute Gasteiger partial charge is 0.224 e. The molecular weight excluding hydrogens is 290 g/mol. The average Bonchev–Trinajstić information content (AvgIpc) is 2.57. The standard InChI is InChI=1S/C19H21NO3/c1-14-2-4-15(5-3-14)13-19(21)20-9-8-16-6-7-17-18(12-16)23-11-10-22-17/h2-7,12H,8-11,13H2,1H3,(H,20,21). The summed E-state index contributed by atoms with van der Waals surface area (Å²) >= 11 is 0. The Hall–Kier alpha value is -2.49. The average molecular weight is 311 g/mol. The zero-order valence-corrected chi connectivity index (χ0v) is 13.3. The van der Waals surface area contributed by atoms with Crippen molar-refractivity contribution in [2.45, 2.75) is 19.8 Å². The fraction of sp³-hybridized carbons (Fsp3) is 0.316. The molecule has 0 atom stereocenters. The van der Waals surface area contributed by atoms with E-state index in [0.717, 1.165) is 29.0 Å². The quantitative estimate of drug-likeness (QED) is 0.923. The number of carbonyl (C=O) groups excluding carboxylic acids is 1. The van der Waals surface area contributed by atoms with E-state index in [1.54, 1.807) is 0 Å². The van der Waals surface area contributed by atoms with Crippen molar-refractivity contribution in [3.8, 4) is 11.5 Å². The zero-order valence-electron chi connectivity index (χ0n) is 13.3. The van der Waals surface area contributed by atoms with Crippen LogP contribution < -0.4 is 14.8 Å². The summed E-state index contributed by atoms with van der Waals surface area (Å²) in [5.41, 5.74) is 3.37. The Morgan fingerprint density at radius 1 is 1.00 bits per heavy atom. The highest BCUT2D eigenvalue weighted by molar-refractivity contribution is 5.78. The molecule has 0 saturated heterocycles. The van der Waals surface area contributed by atoms with Crippen LogP contribution in [-0.2, 0) is 17.6 Å². The Morgan fingerprint density at radius 3 is 2.48 bits per heavy atom. The highest BCUT2D eigenvalue weighted by Gasteiger charge is 2.11. The van der Waals surface area contributed by atoms with Crippen molar-refractivity contribution in [2.24, 2.45) is 0 Å². The van der Waals surface area contributed by atoms with Crippen LogP contribution in [0.15, 0.2) is 42.5 Å². The summed E-state index contributed by atoms with van der Waals surface area (Å²) in [6.07, 6.45) is 1.19. The van der Waals surface area contributed by atoms with Gasteiger partial charge in [-0.15, -0.1) is 0 Å². The SMILES string of the molecule is Cc1ccc(CC(=O)NCCc2ccc3c(c2)OCCO3)cc1. The molecule has 2 aromatic rings. The van der Waals surface area contributed by atoms with Gasteiger partial charge < -0.3 is 14.8 Å². The fourth-order valence-corrected chi connectivity index (χ4v) is 2.54. The van der Waals surface area contributed by atoms with Crippen LogP contribution in [0, 0.1) is 6.92 Å². The Balaban J connectivity index is 1.47. The monoisotopic (exact) mass is 311 g/mol. The predicted octanol–water partition coefficient (Wildman–Crippen LogP) is 2.67. The van der Waals surface area contributed by atoms with Gasteiger partial charge in [0.1, 0.15) is 13.2 Å². The second-order valence-corrected chi connectivity index (χ2v) is 5.74. The Kier molecular flexibility index (Phi) is 4.81. The molecule has 4 nitrogen and oxygen atoms in total. The maximum atomic E-state index is 12.0. The van der Waals surface area contributed by atoms with Gasteiger partial charge in [-0.3, -0.25) is 4.79 Å². The van der Waals surface area contributed by atoms with Gasteiger partial charge in [0.05, 0.1) is 6.42 Å². The van der Waals surface area contributed by atoms with Crippen LogP contribution in [0.5, 0.6) is 11.5 Å². The van der Waals surface area contributed by atoms with Crippen LogP contribution in [0.25, 0.3) is 0 Å². The molecule has 0 aliphatic carbocycles. The second kappa shape index (κ2) is 7.18. The number of benzene rings is 2. The van der Waals surface area contributed by atoms with E-state index in [-0.39, 0.29) is 5.91 Å². The first-order valence-corrected chi connectivity index (χ1v) is 7.91. The van der Waals surface area contributed by atoms with Crippen molar-refractivity contribution >= 4 is 5.91 Å². The third kappa shape index (κ3) is 4.25. The first-order chi connectivity index (χ1) is 11.2. The van der Waals surface area contributed by atoms with Gasteiger partial charge >= 0.3 is 0 Å². The Labute approximate surface area is 136 Å². The van der Waals surface area contributed by atoms with Crippen molar-refractivity contribution in [3.63, 3.8) is 0 Å². The molecule has 0 aromatic heterocycles. The summed E-state index contributed by atoms with van der Waals surface area (Å²) in [6.45, 7) is 3.84. The van der Waals surface area contributed by atoms with Crippen LogP contribution in [0.2, 0.25) is 0 Å². The third-order valence-corrected chi connectivity index (χ3v) is 3.83. The molecule has 0 fully saturated rings. The van der Waals surface area contributed by atoms with E-state index in [1.165, 1.54) is 5.56 Å². The maximum Gasteiger partial charge on any atom is 0.224 e. The van der Waals surface area contributed by atoms with Gasteiger partial charge in [0, 0.05) is 6.54 Å². The van der Waals surface area contributed by atoms with Crippen molar-refractivity contribution in [1.29, 1.82) is 0 Å². The van der Waals surface area contributed by atoms with E-state index in [2.05, 4.69) is 5.32 Å². The minimum Gasteiger partial charge on any atom is -0.486 e. The summed E-state index contributed by atoms with van der Waals surface area (Å²) in [4.78, 5) is 12.0. The number of carbonyl (C=O) groups is 1. The zero-order chi connectivity index (χ0) is 16.1. The molecule has 0 spiro atoms. The lowest BCUT2D eigenvalue weighted by Crippen LogP contribution is -2.27. The molecule has 0 radical (unpaired) electrons. The van der Waals surface area contributed by atoms with E-state index in [0.29, 0.717) is 26.2 Å². The van der Waals surface area contributed by atoms with Crippen molar-refractivity contribution in [3.05, 3.63) is 59.2 Å². The van der Waals surface area contributed by atoms with Gasteiger partial charge in [0.25, 0.3) is 0 Å². The van der Waals surface area contributed by atoms with Crippen molar-refractivity contribution < 1.29 is 14.3 Å². The third-order valence-electron chi connectivity index (χ3n) is 3.83. The molecule has 1 aliphatic heterocycles. The van der Waals surface area contributed by atoms with Gasteiger partial charge in [-0.05, 0) is 36.6 Å². The highest BCUT2D eigenvalue weighted by Crippen LogP contribution is 2.30. The molecule has 23 heavy (non-hydrogen) atoms. The summed E-state index contributed by atoms with van der Waals surface area (Å²) in [5, 5.41) is 2.96. The van der Waals surface area contributed by atoms with E-state index >= 15 is 0 Å². The first kappa shape index (κ1) is 15.4. The normalized spacial score (nSPS) is 12.7. The van der Waals surface area contributed by atoms with Crippen LogP contribution in [-0.4, -0.2) is 25.7 Å². The lowest BCUT2D eigenvalue weighted by molar-refractivity contribution is -0.120. The molecule has 0 unspecified atom stereocenters. The van der Waals surface area contributed by atoms with Gasteiger partial charge in [0.15, 0.2) is 11.5 Å². The highest BCUT2D eigenvalue weighted by atomic mass is 16.6. The number of rotatable bonds is 5. The predicted molar refractivity (Wildman–Crippen MR) is 89.0 cm³/mol. The van der Waals surface area contributed by atoms with Crippen LogP contribution in [0.4, 0.5) is 0 Å². The van der Waals surface area contributed by atoms with Gasteiger partial charge in [-0.25, -0.2) is 0 Å². The van der Waals surface area contributed by atoms with Gasteiger partial charge in [-0.1, -0.05) is 35.9 Å². The summed E-state index contributed by atoms with van der Waals surface area (Å²) in [5.74, 6) is 1.63. The molecule has 1 aliphatic rings. The lowest BCUT2D eigenvalue weighted by atomic mass is 10.1. The number of aryl methyl sites for hydroxylation is 1. The van der Waals surface area contributed by atoms with Crippen molar-refractivity contribution in [2.75, 3.05) is 19.8 Å².